The van der Waals surface area contributed by atoms with Gasteiger partial charge in [-0.3, -0.25) is 4.57 Å². The summed E-state index contributed by atoms with van der Waals surface area (Å²) in [5.74, 6) is 0.731. The molecule has 0 aliphatic carbocycles. The molecule has 5 aromatic rings. The van der Waals surface area contributed by atoms with Crippen LogP contribution in [0.15, 0.2) is 65.4 Å². The molecule has 164 valence electrons. The second kappa shape index (κ2) is 7.99. The molecule has 0 atom stereocenters. The molecule has 0 fully saturated rings. The van der Waals surface area contributed by atoms with E-state index in [9.17, 15) is 0 Å². The first-order valence-electron chi connectivity index (χ1n) is 10.5. The van der Waals surface area contributed by atoms with Gasteiger partial charge in [0.1, 0.15) is 29.2 Å². The fourth-order valence-electron chi connectivity index (χ4n) is 4.13. The third-order valence-corrected chi connectivity index (χ3v) is 5.93. The van der Waals surface area contributed by atoms with E-state index in [1.165, 1.54) is 0 Å². The zero-order valence-electron chi connectivity index (χ0n) is 17.8. The second-order valence-corrected chi connectivity index (χ2v) is 8.35. The molecule has 0 saturated heterocycles. The molecular weight excluding hydrogens is 440 g/mol. The van der Waals surface area contributed by atoms with E-state index in [4.69, 9.17) is 20.9 Å². The number of nitrogens with zero attached hydrogens (tertiary/aromatic N) is 6. The van der Waals surface area contributed by atoms with Crippen LogP contribution in [0, 0.1) is 6.92 Å². The van der Waals surface area contributed by atoms with E-state index in [1.807, 2.05) is 70.8 Å². The lowest BCUT2D eigenvalue weighted by atomic mass is 10.1. The summed E-state index contributed by atoms with van der Waals surface area (Å²) >= 11 is 6.35. The lowest BCUT2D eigenvalue weighted by molar-refractivity contribution is 0.104. The van der Waals surface area contributed by atoms with Crippen molar-refractivity contribution in [3.8, 4) is 22.8 Å². The normalized spacial score (nSPS) is 12.2. The molecule has 0 saturated carbocycles. The molecule has 3 aromatic heterocycles. The quantitative estimate of drug-likeness (QED) is 0.372. The average molecular weight is 459 g/mol. The van der Waals surface area contributed by atoms with E-state index in [1.54, 1.807) is 6.33 Å². The second-order valence-electron chi connectivity index (χ2n) is 7.92. The van der Waals surface area contributed by atoms with Gasteiger partial charge in [-0.2, -0.15) is 0 Å². The molecule has 2 aromatic carbocycles. The molecule has 33 heavy (non-hydrogen) atoms. The lowest BCUT2D eigenvalue weighted by Gasteiger charge is -2.10. The number of hydrogen-bond donors (Lipinski definition) is 0. The van der Waals surface area contributed by atoms with Crippen molar-refractivity contribution in [1.29, 1.82) is 0 Å². The Labute approximate surface area is 194 Å². The Morgan fingerprint density at radius 3 is 2.73 bits per heavy atom. The summed E-state index contributed by atoms with van der Waals surface area (Å²) in [6, 6.07) is 17.6. The summed E-state index contributed by atoms with van der Waals surface area (Å²) in [6.07, 6.45) is 2.34. The number of aromatic nitrogens is 6. The average Bonchev–Trinajstić information content (AvgIpc) is 3.52. The summed E-state index contributed by atoms with van der Waals surface area (Å²) in [5.41, 5.74) is 6.97. The van der Waals surface area contributed by atoms with E-state index in [-0.39, 0.29) is 0 Å². The van der Waals surface area contributed by atoms with Crippen LogP contribution in [0.1, 0.15) is 28.4 Å². The molecule has 1 aliphatic rings. The monoisotopic (exact) mass is 458 g/mol. The van der Waals surface area contributed by atoms with Crippen molar-refractivity contribution >= 4 is 11.6 Å². The number of fused-ring (bicyclic) bond motifs is 5. The Bertz CT molecular complexity index is 1450. The topological polar surface area (TPSA) is 83.8 Å². The molecule has 0 bridgehead atoms. The van der Waals surface area contributed by atoms with Gasteiger partial charge in [0.25, 0.3) is 0 Å². The molecule has 0 radical (unpaired) electrons. The van der Waals surface area contributed by atoms with Gasteiger partial charge in [-0.25, -0.2) is 9.67 Å². The van der Waals surface area contributed by atoms with Crippen LogP contribution in [0.2, 0.25) is 5.02 Å². The summed E-state index contributed by atoms with van der Waals surface area (Å²) in [6.45, 7) is 2.70. The van der Waals surface area contributed by atoms with Crippen LogP contribution in [-0.4, -0.2) is 29.7 Å². The highest BCUT2D eigenvalue weighted by Crippen LogP contribution is 2.34. The largest absolute Gasteiger partial charge is 0.370 e. The maximum absolute atomic E-state index is 6.35. The van der Waals surface area contributed by atoms with E-state index < -0.39 is 0 Å². The molecule has 8 nitrogen and oxygen atoms in total. The molecule has 4 heterocycles. The molecule has 1 aliphatic heterocycles. The number of hydrogen-bond acceptors (Lipinski definition) is 6. The predicted octanol–water partition coefficient (Wildman–Crippen LogP) is 4.69. The van der Waals surface area contributed by atoms with E-state index in [0.29, 0.717) is 30.4 Å². The molecule has 0 amide bonds. The number of aryl methyl sites for hydroxylation is 1. The van der Waals surface area contributed by atoms with Gasteiger partial charge in [0.05, 0.1) is 36.0 Å². The van der Waals surface area contributed by atoms with Crippen LogP contribution in [0.25, 0.3) is 22.8 Å². The maximum atomic E-state index is 6.35. The Morgan fingerprint density at radius 1 is 1.03 bits per heavy atom. The van der Waals surface area contributed by atoms with Crippen LogP contribution in [0.5, 0.6) is 0 Å². The zero-order chi connectivity index (χ0) is 22.4. The number of rotatable bonds is 5. The van der Waals surface area contributed by atoms with Crippen molar-refractivity contribution in [1.82, 2.24) is 29.7 Å². The fourth-order valence-corrected chi connectivity index (χ4v) is 4.29. The summed E-state index contributed by atoms with van der Waals surface area (Å²) < 4.78 is 15.2. The molecule has 9 heteroatoms. The lowest BCUT2D eigenvalue weighted by Crippen LogP contribution is -2.05. The summed E-state index contributed by atoms with van der Waals surface area (Å²) in [7, 11) is 0. The minimum Gasteiger partial charge on any atom is -0.370 e. The first-order valence-corrected chi connectivity index (χ1v) is 10.9. The maximum Gasteiger partial charge on any atom is 0.134 e. The van der Waals surface area contributed by atoms with Gasteiger partial charge < -0.3 is 9.26 Å². The Morgan fingerprint density at radius 2 is 1.91 bits per heavy atom. The van der Waals surface area contributed by atoms with Gasteiger partial charge in [0.15, 0.2) is 0 Å². The highest BCUT2D eigenvalue weighted by atomic mass is 35.5. The van der Waals surface area contributed by atoms with E-state index in [0.717, 1.165) is 45.5 Å². The first kappa shape index (κ1) is 19.9. The number of halogens is 1. The minimum atomic E-state index is 0.340. The highest BCUT2D eigenvalue weighted by molar-refractivity contribution is 6.30. The third kappa shape index (κ3) is 3.53. The molecule has 0 unspecified atom stereocenters. The van der Waals surface area contributed by atoms with Crippen LogP contribution in [0.4, 0.5) is 0 Å². The first-order chi connectivity index (χ1) is 16.2. The number of benzene rings is 2. The third-order valence-electron chi connectivity index (χ3n) is 5.69. The number of imidazole rings is 1. The van der Waals surface area contributed by atoms with Crippen molar-refractivity contribution in [2.45, 2.75) is 26.6 Å². The predicted molar refractivity (Wildman–Crippen MR) is 121 cm³/mol. The van der Waals surface area contributed by atoms with Gasteiger partial charge in [0, 0.05) is 17.5 Å². The minimum absolute atomic E-state index is 0.340. The van der Waals surface area contributed by atoms with Gasteiger partial charge in [-0.1, -0.05) is 52.3 Å². The zero-order valence-corrected chi connectivity index (χ0v) is 18.5. The van der Waals surface area contributed by atoms with Crippen molar-refractivity contribution in [3.63, 3.8) is 0 Å². The Hall–Kier alpha value is -3.75. The van der Waals surface area contributed by atoms with Crippen LogP contribution >= 0.6 is 11.6 Å². The van der Waals surface area contributed by atoms with Gasteiger partial charge >= 0.3 is 0 Å². The van der Waals surface area contributed by atoms with Gasteiger partial charge in [-0.05, 0) is 30.7 Å². The molecule has 0 N–H and O–H groups in total. The van der Waals surface area contributed by atoms with Crippen LogP contribution < -0.4 is 0 Å². The van der Waals surface area contributed by atoms with Gasteiger partial charge in [0.2, 0.25) is 0 Å². The highest BCUT2D eigenvalue weighted by Gasteiger charge is 2.27. The SMILES string of the molecule is Cc1cc(-c2ncn3c2Cc2c(COCc4ccccc4)nnn2-c2cc(Cl)ccc2-3)no1. The number of ether oxygens (including phenoxy) is 1. The summed E-state index contributed by atoms with van der Waals surface area (Å²) in [4.78, 5) is 4.66. The Kier molecular flexibility index (Phi) is 4.82. The van der Waals surface area contributed by atoms with Crippen LogP contribution in [-0.2, 0) is 24.4 Å². The van der Waals surface area contributed by atoms with Crippen molar-refractivity contribution < 1.29 is 9.26 Å². The molecule has 0 spiro atoms. The standard InChI is InChI=1S/C24H19ClN6O2/c1-15-9-18(28-33-15)24-23-11-21-19(13-32-12-16-5-3-2-4-6-16)27-29-31(21)22-10-17(25)7-8-20(22)30(23)14-26-24/h2-10,14H,11-13H2,1H3. The van der Waals surface area contributed by atoms with Gasteiger partial charge in [-0.15, -0.1) is 5.10 Å². The Balaban J connectivity index is 1.42. The van der Waals surface area contributed by atoms with Crippen molar-refractivity contribution in [2.75, 3.05) is 0 Å². The smallest absolute Gasteiger partial charge is 0.134 e. The molecule has 6 rings (SSSR count). The van der Waals surface area contributed by atoms with Crippen molar-refractivity contribution in [3.05, 3.63) is 94.4 Å². The fraction of sp³-hybridized carbons (Fsp3) is 0.167. The molecular formula is C24H19ClN6O2. The van der Waals surface area contributed by atoms with Crippen molar-refractivity contribution in [2.24, 2.45) is 0 Å². The van der Waals surface area contributed by atoms with Crippen LogP contribution in [0.3, 0.4) is 0 Å². The van der Waals surface area contributed by atoms with E-state index in [2.05, 4.69) is 20.5 Å². The van der Waals surface area contributed by atoms with E-state index >= 15 is 0 Å². The summed E-state index contributed by atoms with van der Waals surface area (Å²) in [5, 5.41) is 13.7.